The Kier molecular flexibility index (Phi) is 5.60. The van der Waals surface area contributed by atoms with Gasteiger partial charge in [-0.1, -0.05) is 6.92 Å². The van der Waals surface area contributed by atoms with E-state index in [1.165, 1.54) is 0 Å². The van der Waals surface area contributed by atoms with Crippen LogP contribution in [0, 0.1) is 5.92 Å². The summed E-state index contributed by atoms with van der Waals surface area (Å²) in [6, 6.07) is -0.220. The number of carboxylic acid groups (broad SMARTS) is 1. The van der Waals surface area contributed by atoms with Gasteiger partial charge in [0.05, 0.1) is 17.6 Å². The van der Waals surface area contributed by atoms with Crippen LogP contribution in [-0.2, 0) is 9.53 Å². The topological polar surface area (TPSA) is 87.7 Å². The van der Waals surface area contributed by atoms with Gasteiger partial charge < -0.3 is 20.5 Å². The first-order valence-corrected chi connectivity index (χ1v) is 6.75. The molecule has 2 amide bonds. The van der Waals surface area contributed by atoms with Gasteiger partial charge in [0.15, 0.2) is 0 Å². The van der Waals surface area contributed by atoms with Crippen LogP contribution in [0.2, 0.25) is 0 Å². The Balaban J connectivity index is 2.20. The molecule has 1 aliphatic heterocycles. The van der Waals surface area contributed by atoms with Crippen LogP contribution in [0.5, 0.6) is 0 Å². The van der Waals surface area contributed by atoms with Crippen LogP contribution in [0.25, 0.3) is 0 Å². The van der Waals surface area contributed by atoms with Crippen molar-refractivity contribution in [3.05, 3.63) is 0 Å². The summed E-state index contributed by atoms with van der Waals surface area (Å²) in [5.74, 6) is -1.17. The molecule has 0 radical (unpaired) electrons. The minimum Gasteiger partial charge on any atom is -0.481 e. The van der Waals surface area contributed by atoms with Crippen LogP contribution in [-0.4, -0.2) is 41.9 Å². The van der Waals surface area contributed by atoms with E-state index in [4.69, 9.17) is 9.84 Å². The molecule has 0 aliphatic carbocycles. The first-order chi connectivity index (χ1) is 8.85. The first kappa shape index (κ1) is 15.8. The van der Waals surface area contributed by atoms with Gasteiger partial charge in [-0.3, -0.25) is 4.79 Å². The van der Waals surface area contributed by atoms with E-state index < -0.39 is 5.97 Å². The van der Waals surface area contributed by atoms with Crippen LogP contribution in [0.15, 0.2) is 0 Å². The Morgan fingerprint density at radius 2 is 2.21 bits per heavy atom. The summed E-state index contributed by atoms with van der Waals surface area (Å²) in [5, 5.41) is 14.4. The molecule has 1 saturated heterocycles. The third-order valence-corrected chi connectivity index (χ3v) is 3.81. The van der Waals surface area contributed by atoms with Gasteiger partial charge in [0.1, 0.15) is 0 Å². The summed E-state index contributed by atoms with van der Waals surface area (Å²) < 4.78 is 5.45. The number of carboxylic acids is 1. The van der Waals surface area contributed by atoms with Crippen molar-refractivity contribution in [2.45, 2.75) is 51.7 Å². The van der Waals surface area contributed by atoms with Crippen LogP contribution in [0.3, 0.4) is 0 Å². The molecular weight excluding hydrogens is 248 g/mol. The van der Waals surface area contributed by atoms with E-state index in [9.17, 15) is 9.59 Å². The number of amides is 2. The average molecular weight is 272 g/mol. The molecule has 0 bridgehead atoms. The molecule has 0 aromatic carbocycles. The maximum Gasteiger partial charge on any atom is 0.315 e. The largest absolute Gasteiger partial charge is 0.481 e. The lowest BCUT2D eigenvalue weighted by Gasteiger charge is -2.28. The number of carbonyl (C=O) groups excluding carboxylic acids is 1. The number of nitrogens with one attached hydrogen (secondary N) is 2. The van der Waals surface area contributed by atoms with E-state index in [0.717, 1.165) is 6.42 Å². The number of hydrogen-bond acceptors (Lipinski definition) is 3. The second kappa shape index (κ2) is 6.75. The van der Waals surface area contributed by atoms with Crippen LogP contribution < -0.4 is 10.6 Å². The summed E-state index contributed by atoms with van der Waals surface area (Å²) in [5.41, 5.74) is -0.321. The van der Waals surface area contributed by atoms with Gasteiger partial charge in [-0.25, -0.2) is 4.79 Å². The number of carbonyl (C=O) groups is 2. The quantitative estimate of drug-likeness (QED) is 0.637. The highest BCUT2D eigenvalue weighted by atomic mass is 16.5. The van der Waals surface area contributed by atoms with Gasteiger partial charge in [-0.2, -0.15) is 0 Å². The molecular formula is C13H24N2O4. The molecule has 6 nitrogen and oxygen atoms in total. The Bertz CT molecular complexity index is 335. The van der Waals surface area contributed by atoms with Gasteiger partial charge in [0.2, 0.25) is 0 Å². The molecule has 3 atom stereocenters. The van der Waals surface area contributed by atoms with Gasteiger partial charge in [0, 0.05) is 13.2 Å². The smallest absolute Gasteiger partial charge is 0.315 e. The van der Waals surface area contributed by atoms with E-state index in [1.807, 2.05) is 13.8 Å². The first-order valence-electron chi connectivity index (χ1n) is 6.75. The Morgan fingerprint density at radius 1 is 1.53 bits per heavy atom. The van der Waals surface area contributed by atoms with Gasteiger partial charge in [-0.05, 0) is 33.1 Å². The van der Waals surface area contributed by atoms with Crippen LogP contribution in [0.4, 0.5) is 4.79 Å². The maximum atomic E-state index is 11.7. The standard InChI is InChI=1S/C13H24N2O4/c1-9(11(16)17)5-4-7-14-12(18)15-13(3)6-8-19-10(13)2/h9-10H,4-8H2,1-3H3,(H,16,17)(H2,14,15,18). The van der Waals surface area contributed by atoms with Gasteiger partial charge in [-0.15, -0.1) is 0 Å². The fourth-order valence-electron chi connectivity index (χ4n) is 2.04. The zero-order valence-corrected chi connectivity index (χ0v) is 11.9. The van der Waals surface area contributed by atoms with Crippen molar-refractivity contribution < 1.29 is 19.4 Å². The molecule has 1 fully saturated rings. The highest BCUT2D eigenvalue weighted by molar-refractivity contribution is 5.74. The maximum absolute atomic E-state index is 11.7. The molecule has 0 spiro atoms. The van der Waals surface area contributed by atoms with Gasteiger partial charge >= 0.3 is 12.0 Å². The van der Waals surface area contributed by atoms with Crippen molar-refractivity contribution in [2.24, 2.45) is 5.92 Å². The summed E-state index contributed by atoms with van der Waals surface area (Å²) >= 11 is 0. The summed E-state index contributed by atoms with van der Waals surface area (Å²) in [6.07, 6.45) is 2.03. The lowest BCUT2D eigenvalue weighted by molar-refractivity contribution is -0.141. The average Bonchev–Trinajstić information content (AvgIpc) is 2.64. The molecule has 1 aliphatic rings. The van der Waals surface area contributed by atoms with Crippen molar-refractivity contribution in [1.82, 2.24) is 10.6 Å². The highest BCUT2D eigenvalue weighted by Gasteiger charge is 2.38. The number of urea groups is 1. The number of rotatable bonds is 6. The van der Waals surface area contributed by atoms with E-state index >= 15 is 0 Å². The fourth-order valence-corrected chi connectivity index (χ4v) is 2.04. The lowest BCUT2D eigenvalue weighted by Crippen LogP contribution is -2.54. The molecule has 1 rings (SSSR count). The van der Waals surface area contributed by atoms with E-state index in [2.05, 4.69) is 10.6 Å². The predicted octanol–water partition coefficient (Wildman–Crippen LogP) is 1.35. The molecule has 0 saturated carbocycles. The van der Waals surface area contributed by atoms with Gasteiger partial charge in [0.25, 0.3) is 0 Å². The van der Waals surface area contributed by atoms with E-state index in [0.29, 0.717) is 26.0 Å². The van der Waals surface area contributed by atoms with E-state index in [-0.39, 0.29) is 23.6 Å². The van der Waals surface area contributed by atoms with Crippen molar-refractivity contribution in [1.29, 1.82) is 0 Å². The van der Waals surface area contributed by atoms with Crippen molar-refractivity contribution in [3.8, 4) is 0 Å². The highest BCUT2D eigenvalue weighted by Crippen LogP contribution is 2.24. The summed E-state index contributed by atoms with van der Waals surface area (Å²) in [4.78, 5) is 22.4. The third kappa shape index (κ3) is 4.70. The minimum atomic E-state index is -0.797. The molecule has 1 heterocycles. The second-order valence-corrected chi connectivity index (χ2v) is 5.44. The van der Waals surface area contributed by atoms with Crippen molar-refractivity contribution in [2.75, 3.05) is 13.2 Å². The van der Waals surface area contributed by atoms with Crippen LogP contribution >= 0.6 is 0 Å². The SMILES string of the molecule is CC(CCCNC(=O)NC1(C)CCOC1C)C(=O)O. The number of hydrogen-bond donors (Lipinski definition) is 3. The minimum absolute atomic E-state index is 0.00489. The molecule has 3 N–H and O–H groups in total. The third-order valence-electron chi connectivity index (χ3n) is 3.81. The lowest BCUT2D eigenvalue weighted by atomic mass is 9.95. The molecule has 0 aromatic rings. The fraction of sp³-hybridized carbons (Fsp3) is 0.846. The van der Waals surface area contributed by atoms with Crippen molar-refractivity contribution in [3.63, 3.8) is 0 Å². The molecule has 110 valence electrons. The molecule has 3 unspecified atom stereocenters. The number of aliphatic carboxylic acids is 1. The molecule has 6 heteroatoms. The Labute approximate surface area is 113 Å². The second-order valence-electron chi connectivity index (χ2n) is 5.44. The monoisotopic (exact) mass is 272 g/mol. The van der Waals surface area contributed by atoms with Crippen LogP contribution in [0.1, 0.15) is 40.0 Å². The molecule has 19 heavy (non-hydrogen) atoms. The van der Waals surface area contributed by atoms with Crippen molar-refractivity contribution >= 4 is 12.0 Å². The Morgan fingerprint density at radius 3 is 2.74 bits per heavy atom. The van der Waals surface area contributed by atoms with E-state index in [1.54, 1.807) is 6.92 Å². The molecule has 0 aromatic heterocycles. The Hall–Kier alpha value is -1.30. The normalized spacial score (nSPS) is 27.8. The summed E-state index contributed by atoms with van der Waals surface area (Å²) in [6.45, 7) is 6.72. The summed E-state index contributed by atoms with van der Waals surface area (Å²) in [7, 11) is 0. The zero-order valence-electron chi connectivity index (χ0n) is 11.9. The zero-order chi connectivity index (χ0) is 14.5. The predicted molar refractivity (Wildman–Crippen MR) is 71.0 cm³/mol. The number of ether oxygens (including phenoxy) is 1.